The maximum absolute atomic E-state index is 11.7. The van der Waals surface area contributed by atoms with E-state index in [1.54, 1.807) is 18.2 Å². The van der Waals surface area contributed by atoms with Crippen molar-refractivity contribution in [1.29, 1.82) is 0 Å². The maximum atomic E-state index is 11.7. The topological polar surface area (TPSA) is 89.8 Å². The van der Waals surface area contributed by atoms with Gasteiger partial charge in [-0.15, -0.1) is 0 Å². The minimum Gasteiger partial charge on any atom is -0.394 e. The Kier molecular flexibility index (Phi) is 6.45. The van der Waals surface area contributed by atoms with Crippen LogP contribution in [0, 0.1) is 0 Å². The van der Waals surface area contributed by atoms with Crippen LogP contribution in [0.2, 0.25) is 10.0 Å². The van der Waals surface area contributed by atoms with Crippen molar-refractivity contribution in [3.05, 3.63) is 39.9 Å². The number of amides is 1. The quantitative estimate of drug-likeness (QED) is 0.585. The minimum atomic E-state index is -1.47. The molecular formula is C13H15Cl2NO4. The van der Waals surface area contributed by atoms with Gasteiger partial charge in [0, 0.05) is 21.7 Å². The second-order valence-corrected chi connectivity index (χ2v) is 5.03. The first kappa shape index (κ1) is 16.9. The van der Waals surface area contributed by atoms with Crippen LogP contribution in [0.3, 0.4) is 0 Å². The molecule has 0 saturated heterocycles. The monoisotopic (exact) mass is 319 g/mol. The van der Waals surface area contributed by atoms with E-state index >= 15 is 0 Å². The number of carbonyl (C=O) groups excluding carboxylic acids is 1. The molecular weight excluding hydrogens is 305 g/mol. The number of hydrogen-bond acceptors (Lipinski definition) is 4. The number of hydrogen-bond donors (Lipinski definition) is 4. The number of rotatable bonds is 6. The summed E-state index contributed by atoms with van der Waals surface area (Å²) in [5, 5.41) is 30.4. The fraction of sp³-hybridized carbons (Fsp3) is 0.308. The molecule has 1 aromatic rings. The van der Waals surface area contributed by atoms with Crippen LogP contribution in [-0.4, -0.2) is 46.6 Å². The van der Waals surface area contributed by atoms with Crippen molar-refractivity contribution in [3.8, 4) is 0 Å². The van der Waals surface area contributed by atoms with E-state index < -0.39 is 31.3 Å². The van der Waals surface area contributed by atoms with E-state index in [1.807, 2.05) is 0 Å². The van der Waals surface area contributed by atoms with Crippen molar-refractivity contribution in [2.75, 3.05) is 19.8 Å². The zero-order valence-electron chi connectivity index (χ0n) is 10.5. The van der Waals surface area contributed by atoms with Crippen molar-refractivity contribution < 1.29 is 20.1 Å². The largest absolute Gasteiger partial charge is 0.394 e. The summed E-state index contributed by atoms with van der Waals surface area (Å²) in [6.45, 7) is -1.77. The standard InChI is InChI=1S/C13H15Cl2NO4/c14-10-2-1-3-11(15)9(10)4-5-12(20)16-13(6-17,7-18)8-19/h1-5,17-19H,6-8H2,(H,16,20)/b5-4+. The summed E-state index contributed by atoms with van der Waals surface area (Å²) in [5.41, 5.74) is -0.986. The van der Waals surface area contributed by atoms with Gasteiger partial charge in [0.2, 0.25) is 5.91 Å². The van der Waals surface area contributed by atoms with Crippen LogP contribution in [0.5, 0.6) is 0 Å². The second-order valence-electron chi connectivity index (χ2n) is 4.21. The number of carbonyl (C=O) groups is 1. The summed E-state index contributed by atoms with van der Waals surface area (Å²) in [4.78, 5) is 11.7. The highest BCUT2D eigenvalue weighted by molar-refractivity contribution is 6.37. The summed E-state index contributed by atoms with van der Waals surface area (Å²) in [6.07, 6.45) is 2.57. The molecule has 0 radical (unpaired) electrons. The van der Waals surface area contributed by atoms with Crippen LogP contribution in [-0.2, 0) is 4.79 Å². The predicted octanol–water partition coefficient (Wildman–Crippen LogP) is 0.838. The molecule has 0 aliphatic heterocycles. The first-order valence-corrected chi connectivity index (χ1v) is 6.50. The average molecular weight is 320 g/mol. The van der Waals surface area contributed by atoms with Gasteiger partial charge in [-0.2, -0.15) is 0 Å². The zero-order chi connectivity index (χ0) is 15.2. The summed E-state index contributed by atoms with van der Waals surface area (Å²) < 4.78 is 0. The zero-order valence-corrected chi connectivity index (χ0v) is 12.0. The third kappa shape index (κ3) is 4.19. The van der Waals surface area contributed by atoms with E-state index in [0.29, 0.717) is 15.6 Å². The Morgan fingerprint density at radius 1 is 1.15 bits per heavy atom. The Hall–Kier alpha value is -1.11. The normalized spacial score (nSPS) is 11.8. The SMILES string of the molecule is O=C(/C=C/c1c(Cl)cccc1Cl)NC(CO)(CO)CO. The Morgan fingerprint density at radius 3 is 2.10 bits per heavy atom. The van der Waals surface area contributed by atoms with Crippen molar-refractivity contribution in [2.24, 2.45) is 0 Å². The molecule has 0 aromatic heterocycles. The summed E-state index contributed by atoms with van der Waals surface area (Å²) in [6, 6.07) is 4.94. The van der Waals surface area contributed by atoms with Gasteiger partial charge in [0.05, 0.1) is 19.8 Å². The molecule has 0 bridgehead atoms. The lowest BCUT2D eigenvalue weighted by Crippen LogP contribution is -2.56. The van der Waals surface area contributed by atoms with Gasteiger partial charge in [-0.3, -0.25) is 4.79 Å². The van der Waals surface area contributed by atoms with Crippen LogP contribution in [0.4, 0.5) is 0 Å². The lowest BCUT2D eigenvalue weighted by Gasteiger charge is -2.27. The van der Waals surface area contributed by atoms with Crippen LogP contribution in [0.1, 0.15) is 5.56 Å². The average Bonchev–Trinajstić information content (AvgIpc) is 2.44. The Bertz CT molecular complexity index is 473. The lowest BCUT2D eigenvalue weighted by molar-refractivity contribution is -0.120. The highest BCUT2D eigenvalue weighted by Gasteiger charge is 2.29. The van der Waals surface area contributed by atoms with Gasteiger partial charge >= 0.3 is 0 Å². The number of halogens is 2. The highest BCUT2D eigenvalue weighted by Crippen LogP contribution is 2.25. The van der Waals surface area contributed by atoms with Gasteiger partial charge in [-0.25, -0.2) is 0 Å². The fourth-order valence-corrected chi connectivity index (χ4v) is 1.92. The molecule has 0 unspecified atom stereocenters. The number of aliphatic hydroxyl groups is 3. The van der Waals surface area contributed by atoms with Crippen LogP contribution >= 0.6 is 23.2 Å². The predicted molar refractivity (Wildman–Crippen MR) is 77.6 cm³/mol. The summed E-state index contributed by atoms with van der Waals surface area (Å²) in [5.74, 6) is -0.599. The van der Waals surface area contributed by atoms with E-state index in [4.69, 9.17) is 38.5 Å². The van der Waals surface area contributed by atoms with E-state index in [0.717, 1.165) is 6.08 Å². The molecule has 1 aromatic carbocycles. The number of nitrogens with one attached hydrogen (secondary N) is 1. The van der Waals surface area contributed by atoms with Gasteiger partial charge in [0.25, 0.3) is 0 Å². The number of benzene rings is 1. The number of aliphatic hydroxyl groups excluding tert-OH is 3. The van der Waals surface area contributed by atoms with E-state index in [9.17, 15) is 4.79 Å². The van der Waals surface area contributed by atoms with Gasteiger partial charge in [-0.05, 0) is 18.2 Å². The van der Waals surface area contributed by atoms with Crippen LogP contribution < -0.4 is 5.32 Å². The highest BCUT2D eigenvalue weighted by atomic mass is 35.5. The first-order valence-electron chi connectivity index (χ1n) is 5.75. The molecule has 1 amide bonds. The second kappa shape index (κ2) is 7.61. The molecule has 20 heavy (non-hydrogen) atoms. The smallest absolute Gasteiger partial charge is 0.244 e. The molecule has 4 N–H and O–H groups in total. The molecule has 0 fully saturated rings. The van der Waals surface area contributed by atoms with E-state index in [-0.39, 0.29) is 0 Å². The van der Waals surface area contributed by atoms with E-state index in [2.05, 4.69) is 5.32 Å². The van der Waals surface area contributed by atoms with Gasteiger partial charge < -0.3 is 20.6 Å². The van der Waals surface area contributed by atoms with Gasteiger partial charge in [-0.1, -0.05) is 29.3 Å². The van der Waals surface area contributed by atoms with Gasteiger partial charge in [0.1, 0.15) is 5.54 Å². The molecule has 1 rings (SSSR count). The molecule has 0 atom stereocenters. The molecule has 7 heteroatoms. The Balaban J connectivity index is 2.83. The molecule has 0 spiro atoms. The lowest BCUT2D eigenvalue weighted by atomic mass is 10.0. The third-order valence-corrected chi connectivity index (χ3v) is 3.36. The van der Waals surface area contributed by atoms with Crippen molar-refractivity contribution in [1.82, 2.24) is 5.32 Å². The summed E-state index contributed by atoms with van der Waals surface area (Å²) >= 11 is 11.9. The minimum absolute atomic E-state index is 0.388. The summed E-state index contributed by atoms with van der Waals surface area (Å²) in [7, 11) is 0. The molecule has 0 aliphatic rings. The van der Waals surface area contributed by atoms with Gasteiger partial charge in [0.15, 0.2) is 0 Å². The third-order valence-electron chi connectivity index (χ3n) is 2.70. The van der Waals surface area contributed by atoms with Crippen LogP contribution in [0.25, 0.3) is 6.08 Å². The molecule has 0 heterocycles. The Labute approximate surface area is 126 Å². The van der Waals surface area contributed by atoms with Crippen molar-refractivity contribution in [3.63, 3.8) is 0 Å². The van der Waals surface area contributed by atoms with Crippen LogP contribution in [0.15, 0.2) is 24.3 Å². The molecule has 110 valence electrons. The Morgan fingerprint density at radius 2 is 1.65 bits per heavy atom. The maximum Gasteiger partial charge on any atom is 0.244 e. The van der Waals surface area contributed by atoms with Crippen molar-refractivity contribution >= 4 is 35.2 Å². The molecule has 5 nitrogen and oxygen atoms in total. The fourth-order valence-electron chi connectivity index (χ4n) is 1.40. The van der Waals surface area contributed by atoms with Crippen molar-refractivity contribution in [2.45, 2.75) is 5.54 Å². The first-order chi connectivity index (χ1) is 9.48. The molecule has 0 saturated carbocycles. The molecule has 0 aliphatic carbocycles. The van der Waals surface area contributed by atoms with E-state index in [1.165, 1.54) is 6.08 Å².